The molecule has 6 atom stereocenters. The lowest BCUT2D eigenvalue weighted by atomic mass is 9.82. The van der Waals surface area contributed by atoms with Gasteiger partial charge in [-0.05, 0) is 275 Å². The highest BCUT2D eigenvalue weighted by Crippen LogP contribution is 2.52. The number of alkyl carbamates (subject to hydrolysis) is 3. The highest BCUT2D eigenvalue weighted by Gasteiger charge is 2.60. The van der Waals surface area contributed by atoms with Crippen molar-refractivity contribution < 1.29 is 52.5 Å². The van der Waals surface area contributed by atoms with E-state index in [-0.39, 0.29) is 95.3 Å². The summed E-state index contributed by atoms with van der Waals surface area (Å²) in [7, 11) is 6.65. The van der Waals surface area contributed by atoms with Crippen molar-refractivity contribution in [2.45, 2.75) is 381 Å². The number of benzene rings is 3. The van der Waals surface area contributed by atoms with Gasteiger partial charge in [0, 0.05) is 95.5 Å². The number of carbonyl (C=O) groups excluding carboxylic acids is 6. The van der Waals surface area contributed by atoms with Crippen LogP contribution in [0.2, 0.25) is 0 Å². The topological polar surface area (TPSA) is 277 Å². The minimum atomic E-state index is -0.536. The molecule has 110 heavy (non-hydrogen) atoms. The molecule has 9 N–H and O–H groups in total. The van der Waals surface area contributed by atoms with Gasteiger partial charge in [-0.15, -0.1) is 0 Å². The van der Waals surface area contributed by atoms with Crippen molar-refractivity contribution in [3.63, 3.8) is 0 Å². The van der Waals surface area contributed by atoms with Gasteiger partial charge in [-0.2, -0.15) is 0 Å². The molecule has 3 aromatic carbocycles. The fourth-order valence-corrected chi connectivity index (χ4v) is 21.5. The molecule has 12 aliphatic rings. The second-order valence-corrected chi connectivity index (χ2v) is 36.6. The molecule has 12 fully saturated rings. The van der Waals surface area contributed by atoms with Gasteiger partial charge in [-0.25, -0.2) is 24.0 Å². The third-order valence-electron chi connectivity index (χ3n) is 28.1. The number of carbonyl (C=O) groups is 6. The molecule has 12 saturated heterocycles. The van der Waals surface area contributed by atoms with Crippen LogP contribution in [-0.4, -0.2) is 199 Å². The van der Waals surface area contributed by atoms with E-state index in [1.807, 2.05) is 156 Å². The van der Waals surface area contributed by atoms with Gasteiger partial charge in [0.05, 0.1) is 17.1 Å². The average molecular weight is 1530 g/mol. The molecule has 23 nitrogen and oxygen atoms in total. The zero-order valence-electron chi connectivity index (χ0n) is 69.6. The highest BCUT2D eigenvalue weighted by molar-refractivity contribution is 5.74. The van der Waals surface area contributed by atoms with Crippen LogP contribution in [0.25, 0.3) is 0 Å². The fourth-order valence-electron chi connectivity index (χ4n) is 21.5. The average Bonchev–Trinajstić information content (AvgIpc) is 1.59. The smallest absolute Gasteiger partial charge is 0.411 e. The summed E-state index contributed by atoms with van der Waals surface area (Å²) >= 11 is 0. The molecule has 0 saturated carbocycles. The Balaban J connectivity index is 0.000000143. The van der Waals surface area contributed by atoms with Crippen LogP contribution in [0.15, 0.2) is 91.0 Å². The molecule has 0 spiro atoms. The Morgan fingerprint density at radius 2 is 0.682 bits per heavy atom. The molecule has 612 valence electrons. The second-order valence-electron chi connectivity index (χ2n) is 36.6. The van der Waals surface area contributed by atoms with Gasteiger partial charge in [0.2, 0.25) is 5.91 Å². The number of hydrogen-bond acceptors (Lipinski definition) is 17. The Kier molecular flexibility index (Phi) is 27.8. The minimum absolute atomic E-state index is 0.0162. The normalized spacial score (nSPS) is 31.9. The molecule has 12 heterocycles. The number of likely N-dealkylation sites (N-methyl/N-ethyl adjacent to an activating group) is 3. The lowest BCUT2D eigenvalue weighted by Crippen LogP contribution is -2.58. The quantitative estimate of drug-likeness (QED) is 0.0657. The van der Waals surface area contributed by atoms with Crippen LogP contribution in [0.4, 0.5) is 24.0 Å². The molecule has 12 aliphatic heterocycles. The van der Waals surface area contributed by atoms with Gasteiger partial charge in [-0.3, -0.25) is 29.3 Å². The second kappa shape index (κ2) is 35.7. The molecule has 15 rings (SSSR count). The van der Waals surface area contributed by atoms with E-state index in [0.29, 0.717) is 42.9 Å². The van der Waals surface area contributed by atoms with E-state index >= 15 is 0 Å². The number of nitrogens with one attached hydrogen (secondary N) is 5. The number of amides is 6. The summed E-state index contributed by atoms with van der Waals surface area (Å²) in [6.07, 6.45) is 26.4. The maximum atomic E-state index is 12.8. The first-order valence-corrected chi connectivity index (χ1v) is 41.7. The van der Waals surface area contributed by atoms with Crippen LogP contribution in [0.5, 0.6) is 0 Å². The molecule has 12 bridgehead atoms. The zero-order valence-corrected chi connectivity index (χ0v) is 69.6. The number of ether oxygens (including phenoxy) is 5. The summed E-state index contributed by atoms with van der Waals surface area (Å²) in [5.74, 6) is 0.0932. The lowest BCUT2D eigenvalue weighted by molar-refractivity contribution is -0.120. The molecule has 23 heteroatoms. The molecular weight excluding hydrogens is 1390 g/mol. The summed E-state index contributed by atoms with van der Waals surface area (Å²) in [6.45, 7) is 26.2. The third kappa shape index (κ3) is 19.4. The maximum Gasteiger partial charge on any atom is 0.411 e. The highest BCUT2D eigenvalue weighted by atomic mass is 16.6. The zero-order chi connectivity index (χ0) is 79.8. The van der Waals surface area contributed by atoms with Crippen molar-refractivity contribution in [1.82, 2.24) is 51.1 Å². The van der Waals surface area contributed by atoms with Gasteiger partial charge < -0.3 is 61.7 Å². The Morgan fingerprint density at radius 1 is 0.400 bits per heavy atom. The van der Waals surface area contributed by atoms with Crippen molar-refractivity contribution in [2.24, 2.45) is 11.5 Å². The monoisotopic (exact) mass is 1530 g/mol. The van der Waals surface area contributed by atoms with Gasteiger partial charge in [0.1, 0.15) is 31.0 Å². The van der Waals surface area contributed by atoms with Gasteiger partial charge in [0.15, 0.2) is 0 Å². The first-order valence-electron chi connectivity index (χ1n) is 41.7. The molecule has 0 unspecified atom stereocenters. The first kappa shape index (κ1) is 85.7. The standard InChI is InChI=1S/C21H30N2O4.C17H24N2O2.C16H22N2O2.C13H24N2O2.C11H20N2O.C9H18N2/c1-15(22-18(24)26-14-16-8-6-5-7-9-16)21-12-10-17(11-13-21)23(21)19(25)27-20(2,3)4;1-13(17-10-8-15(9-11-17)19(17)2)18-16(20)21-12-14-6-4-3-5-7-14;1-12(16-9-7-14(18-16)8-10-16)17-15(19)20-11-13-5-3-2-4-6-13;1-9(14)13-7-5-10(6-8-13)15(13)11(16)17-12(2,3)4;1-8(12-9(2)14)11-6-4-10(5-7-11)13(11)3;1-7(10)9-5-3-8(4-6-9)11(9)2/h5-9,15,17H,10-14H2,1-4H3,(H,22,24);3-7,13,15H,8-12H2,1-2H3,(H,18,20);2-6,12,14,18H,7-11H2,1H3,(H,17,19);9-10H,5-8,14H2,1-4H3;8,10H,4-7H2,1-3H3,(H,12,14);7-8H,3-6,10H2,1-2H3/t15-,17?,21?;13-,15?,17?;12-,14?,16?;9-,10?,13?;8-,10?,11?;7-,8?,9?/m111111/s1. The summed E-state index contributed by atoms with van der Waals surface area (Å²) in [5.41, 5.74) is 14.5. The Bertz CT molecular complexity index is 3490. The number of rotatable bonds is 16. The summed E-state index contributed by atoms with van der Waals surface area (Å²) in [4.78, 5) is 83.6. The number of fused-ring (bicyclic) bond motifs is 12. The maximum absolute atomic E-state index is 12.8. The predicted molar refractivity (Wildman–Crippen MR) is 431 cm³/mol. The molecule has 0 aliphatic carbocycles. The predicted octanol–water partition coefficient (Wildman–Crippen LogP) is 14.1. The van der Waals surface area contributed by atoms with Crippen LogP contribution in [0.1, 0.15) is 261 Å². The molecule has 0 radical (unpaired) electrons. The van der Waals surface area contributed by atoms with E-state index in [9.17, 15) is 28.8 Å². The van der Waals surface area contributed by atoms with Crippen molar-refractivity contribution >= 4 is 36.4 Å². The van der Waals surface area contributed by atoms with E-state index in [4.69, 9.17) is 35.2 Å². The van der Waals surface area contributed by atoms with Gasteiger partial charge in [-0.1, -0.05) is 91.0 Å². The molecular formula is C87H138N12O11. The van der Waals surface area contributed by atoms with E-state index in [1.54, 1.807) is 6.92 Å². The van der Waals surface area contributed by atoms with Crippen molar-refractivity contribution in [2.75, 3.05) is 21.1 Å². The SMILES string of the molecule is CC(=O)N[C@H](C)C12CCC(CC1)N2C.C[C@@H](N)C12CCC(CC1)N2C.C[C@@H](N)C12CCC(CC1)N2C(=O)OC(C)(C)C.C[C@@H](NC(=O)OCc1ccccc1)C12CCC(CC1)N2.C[C@@H](NC(=O)OCc1ccccc1)C12CCC(CC1)N2C.C[C@@H](NC(=O)OCc1ccccc1)C12CCC(CC1)N2C(=O)OC(C)(C)C. The van der Waals surface area contributed by atoms with E-state index in [0.717, 1.165) is 93.0 Å². The van der Waals surface area contributed by atoms with Crippen LogP contribution >= 0.6 is 0 Å². The van der Waals surface area contributed by atoms with E-state index in [1.165, 1.54) is 89.9 Å². The van der Waals surface area contributed by atoms with Crippen LogP contribution < -0.4 is 38.1 Å². The van der Waals surface area contributed by atoms with Crippen LogP contribution in [0.3, 0.4) is 0 Å². The van der Waals surface area contributed by atoms with Crippen LogP contribution in [-0.2, 0) is 48.3 Å². The lowest BCUT2D eigenvalue weighted by Gasteiger charge is -2.40. The fraction of sp³-hybridized carbons (Fsp3) is 0.724. The third-order valence-corrected chi connectivity index (χ3v) is 28.1. The summed E-state index contributed by atoms with van der Waals surface area (Å²) < 4.78 is 27.1. The van der Waals surface area contributed by atoms with Crippen molar-refractivity contribution in [3.05, 3.63) is 108 Å². The molecule has 0 aromatic heterocycles. The molecule has 6 amide bonds. The van der Waals surface area contributed by atoms with Crippen molar-refractivity contribution in [3.8, 4) is 0 Å². The van der Waals surface area contributed by atoms with E-state index in [2.05, 4.69) is 90.1 Å². The molecule has 3 aromatic rings. The number of hydrogen-bond donors (Lipinski definition) is 7. The Labute approximate surface area is 657 Å². The summed E-state index contributed by atoms with van der Waals surface area (Å²) in [6, 6.07) is 33.3. The minimum Gasteiger partial charge on any atom is -0.445 e. The van der Waals surface area contributed by atoms with Crippen LogP contribution in [0, 0.1) is 0 Å². The van der Waals surface area contributed by atoms with Gasteiger partial charge in [0.25, 0.3) is 0 Å². The Hall–Kier alpha value is -6.76. The first-order chi connectivity index (χ1) is 52.0. The van der Waals surface area contributed by atoms with Crippen molar-refractivity contribution in [1.29, 1.82) is 0 Å². The van der Waals surface area contributed by atoms with Gasteiger partial charge >= 0.3 is 30.5 Å². The Morgan fingerprint density at radius 3 is 0.964 bits per heavy atom. The number of nitrogens with two attached hydrogens (primary N) is 2. The largest absolute Gasteiger partial charge is 0.445 e. The summed E-state index contributed by atoms with van der Waals surface area (Å²) in [5, 5.41) is 15.7. The van der Waals surface area contributed by atoms with E-state index < -0.39 is 22.8 Å². The number of nitrogens with zero attached hydrogens (tertiary/aromatic N) is 5.